The second-order valence-electron chi connectivity index (χ2n) is 9.12. The van der Waals surface area contributed by atoms with Gasteiger partial charge in [-0.25, -0.2) is 4.98 Å². The zero-order valence-electron chi connectivity index (χ0n) is 18.3. The molecule has 168 valence electrons. The Balaban J connectivity index is 1.23. The number of amides is 1. The van der Waals surface area contributed by atoms with Crippen molar-refractivity contribution in [1.82, 2.24) is 19.7 Å². The van der Waals surface area contributed by atoms with E-state index in [0.29, 0.717) is 47.6 Å². The van der Waals surface area contributed by atoms with Gasteiger partial charge in [-0.3, -0.25) is 14.5 Å². The van der Waals surface area contributed by atoms with Crippen LogP contribution < -0.4 is 4.90 Å². The summed E-state index contributed by atoms with van der Waals surface area (Å²) in [6.45, 7) is 1.86. The highest BCUT2D eigenvalue weighted by Gasteiger charge is 2.31. The number of ether oxygens (including phenoxy) is 1. The lowest BCUT2D eigenvalue weighted by molar-refractivity contribution is 0.0601. The Morgan fingerprint density at radius 1 is 1.09 bits per heavy atom. The number of nitrogens with zero attached hydrogens (tertiary/aromatic N) is 5. The maximum Gasteiger partial charge on any atom is 0.260 e. The van der Waals surface area contributed by atoms with E-state index < -0.39 is 0 Å². The number of carbonyl (C=O) groups is 2. The summed E-state index contributed by atoms with van der Waals surface area (Å²) in [7, 11) is 0. The molecule has 3 aromatic rings. The van der Waals surface area contributed by atoms with Gasteiger partial charge in [0, 0.05) is 36.8 Å². The van der Waals surface area contributed by atoms with Crippen molar-refractivity contribution >= 4 is 17.5 Å². The van der Waals surface area contributed by atoms with Crippen LogP contribution in [0.5, 0.6) is 0 Å². The van der Waals surface area contributed by atoms with Gasteiger partial charge in [0.2, 0.25) is 0 Å². The third-order valence-electron chi connectivity index (χ3n) is 6.80. The van der Waals surface area contributed by atoms with Gasteiger partial charge in [0.25, 0.3) is 5.91 Å². The van der Waals surface area contributed by atoms with Crippen molar-refractivity contribution in [2.75, 3.05) is 18.1 Å². The molecule has 1 saturated heterocycles. The van der Waals surface area contributed by atoms with E-state index >= 15 is 0 Å². The van der Waals surface area contributed by atoms with E-state index in [-0.39, 0.29) is 11.7 Å². The first-order valence-corrected chi connectivity index (χ1v) is 11.6. The number of rotatable bonds is 6. The summed E-state index contributed by atoms with van der Waals surface area (Å²) in [6, 6.07) is 11.5. The highest BCUT2D eigenvalue weighted by Crippen LogP contribution is 2.37. The van der Waals surface area contributed by atoms with Crippen molar-refractivity contribution in [3.63, 3.8) is 0 Å². The minimum absolute atomic E-state index is 0.0956. The number of pyridine rings is 1. The highest BCUT2D eigenvalue weighted by atomic mass is 16.5. The average molecular weight is 444 g/mol. The van der Waals surface area contributed by atoms with Gasteiger partial charge in [-0.05, 0) is 61.4 Å². The number of benzene rings is 1. The molecule has 1 amide bonds. The Morgan fingerprint density at radius 3 is 2.76 bits per heavy atom. The van der Waals surface area contributed by atoms with Crippen molar-refractivity contribution in [3.8, 4) is 11.5 Å². The third kappa shape index (κ3) is 3.84. The molecule has 6 rings (SSSR count). The molecule has 0 N–H and O–H groups in total. The first kappa shape index (κ1) is 20.2. The van der Waals surface area contributed by atoms with E-state index in [2.05, 4.69) is 14.8 Å². The fraction of sp³-hybridized carbons (Fsp3) is 0.400. The average Bonchev–Trinajstić information content (AvgIpc) is 3.48. The van der Waals surface area contributed by atoms with E-state index in [1.165, 1.54) is 0 Å². The maximum absolute atomic E-state index is 13.1. The highest BCUT2D eigenvalue weighted by molar-refractivity contribution is 6.10. The van der Waals surface area contributed by atoms with Crippen LogP contribution in [0.4, 0.5) is 5.82 Å². The molecule has 8 nitrogen and oxygen atoms in total. The van der Waals surface area contributed by atoms with Crippen LogP contribution in [-0.4, -0.2) is 44.7 Å². The van der Waals surface area contributed by atoms with Crippen LogP contribution >= 0.6 is 0 Å². The first-order valence-electron chi connectivity index (χ1n) is 11.6. The number of carbonyl (C=O) groups excluding carboxylic acids is 2. The smallest absolute Gasteiger partial charge is 0.260 e. The molecule has 2 fully saturated rings. The SMILES string of the molecule is O=C(CC1CCOCC1)c1ccc2c(c1)CN(c1cccc(-c3nncn3C3CC3)n1)C2=O. The monoisotopic (exact) mass is 443 g/mol. The summed E-state index contributed by atoms with van der Waals surface area (Å²) in [5.41, 5.74) is 2.87. The van der Waals surface area contributed by atoms with Gasteiger partial charge in [0.05, 0.1) is 6.54 Å². The predicted molar refractivity (Wildman–Crippen MR) is 121 cm³/mol. The summed E-state index contributed by atoms with van der Waals surface area (Å²) >= 11 is 0. The number of Topliss-reactive ketones (excluding diaryl/α,β-unsaturated/α-hetero) is 1. The van der Waals surface area contributed by atoms with Gasteiger partial charge in [0.15, 0.2) is 11.6 Å². The maximum atomic E-state index is 13.1. The molecular weight excluding hydrogens is 418 g/mol. The molecule has 3 aliphatic rings. The second-order valence-corrected chi connectivity index (χ2v) is 9.12. The summed E-state index contributed by atoms with van der Waals surface area (Å²) in [6.07, 6.45) is 6.39. The fourth-order valence-corrected chi connectivity index (χ4v) is 4.75. The summed E-state index contributed by atoms with van der Waals surface area (Å²) in [4.78, 5) is 32.4. The Kier molecular flexibility index (Phi) is 5.02. The lowest BCUT2D eigenvalue weighted by Gasteiger charge is -2.21. The van der Waals surface area contributed by atoms with Crippen molar-refractivity contribution in [2.45, 2.75) is 44.7 Å². The first-order chi connectivity index (χ1) is 16.2. The summed E-state index contributed by atoms with van der Waals surface area (Å²) in [5, 5.41) is 8.31. The van der Waals surface area contributed by atoms with Crippen LogP contribution in [0.1, 0.15) is 64.4 Å². The molecule has 33 heavy (non-hydrogen) atoms. The number of fused-ring (bicyclic) bond motifs is 1. The Labute approximate surface area is 191 Å². The molecule has 0 spiro atoms. The minimum atomic E-state index is -0.0956. The minimum Gasteiger partial charge on any atom is -0.381 e. The molecule has 1 aromatic carbocycles. The standard InChI is InChI=1S/C25H25N5O3/c31-22(12-16-8-10-33-11-9-16)17-4-7-20-18(13-17)14-29(25(20)32)23-3-1-2-21(27-23)24-28-26-15-30(24)19-5-6-19/h1-4,7,13,15-16,19H,5-6,8-12,14H2. The fourth-order valence-electron chi connectivity index (χ4n) is 4.75. The number of hydrogen-bond acceptors (Lipinski definition) is 6. The van der Waals surface area contributed by atoms with E-state index in [4.69, 9.17) is 9.72 Å². The number of hydrogen-bond donors (Lipinski definition) is 0. The largest absolute Gasteiger partial charge is 0.381 e. The number of ketones is 1. The zero-order valence-corrected chi connectivity index (χ0v) is 18.3. The molecule has 0 atom stereocenters. The van der Waals surface area contributed by atoms with Crippen molar-refractivity contribution in [2.24, 2.45) is 5.92 Å². The van der Waals surface area contributed by atoms with Gasteiger partial charge >= 0.3 is 0 Å². The van der Waals surface area contributed by atoms with E-state index in [1.807, 2.05) is 24.3 Å². The summed E-state index contributed by atoms with van der Waals surface area (Å²) < 4.78 is 7.46. The molecule has 0 bridgehead atoms. The van der Waals surface area contributed by atoms with Crippen molar-refractivity contribution < 1.29 is 14.3 Å². The van der Waals surface area contributed by atoms with Gasteiger partial charge < -0.3 is 9.30 Å². The predicted octanol–water partition coefficient (Wildman–Crippen LogP) is 3.83. The third-order valence-corrected chi connectivity index (χ3v) is 6.80. The molecule has 0 radical (unpaired) electrons. The van der Waals surface area contributed by atoms with Gasteiger partial charge in [-0.2, -0.15) is 0 Å². The van der Waals surface area contributed by atoms with Crippen molar-refractivity contribution in [3.05, 3.63) is 59.4 Å². The lowest BCUT2D eigenvalue weighted by Crippen LogP contribution is -2.24. The normalized spacial score (nSPS) is 18.5. The van der Waals surface area contributed by atoms with Crippen LogP contribution in [0.15, 0.2) is 42.7 Å². The topological polar surface area (TPSA) is 90.2 Å². The van der Waals surface area contributed by atoms with E-state index in [0.717, 1.165) is 50.3 Å². The van der Waals surface area contributed by atoms with Crippen molar-refractivity contribution in [1.29, 1.82) is 0 Å². The van der Waals surface area contributed by atoms with Crippen LogP contribution in [0.25, 0.3) is 11.5 Å². The van der Waals surface area contributed by atoms with E-state index in [1.54, 1.807) is 23.4 Å². The van der Waals surface area contributed by atoms with Gasteiger partial charge in [-0.1, -0.05) is 12.1 Å². The molecule has 1 aliphatic carbocycles. The molecule has 0 unspecified atom stereocenters. The van der Waals surface area contributed by atoms with E-state index in [9.17, 15) is 9.59 Å². The van der Waals surface area contributed by atoms with Crippen LogP contribution in [-0.2, 0) is 11.3 Å². The van der Waals surface area contributed by atoms with Crippen LogP contribution in [0.3, 0.4) is 0 Å². The zero-order chi connectivity index (χ0) is 22.4. The molecule has 4 heterocycles. The molecule has 2 aromatic heterocycles. The lowest BCUT2D eigenvalue weighted by atomic mass is 9.91. The Bertz CT molecular complexity index is 1230. The van der Waals surface area contributed by atoms with Crippen LogP contribution in [0.2, 0.25) is 0 Å². The van der Waals surface area contributed by atoms with Gasteiger partial charge in [0.1, 0.15) is 17.8 Å². The quantitative estimate of drug-likeness (QED) is 0.538. The Hall–Kier alpha value is -3.39. The number of aromatic nitrogens is 4. The molecule has 2 aliphatic heterocycles. The van der Waals surface area contributed by atoms with Gasteiger partial charge in [-0.15, -0.1) is 10.2 Å². The molecular formula is C25H25N5O3. The second kappa shape index (κ2) is 8.19. The molecule has 1 saturated carbocycles. The Morgan fingerprint density at radius 2 is 1.94 bits per heavy atom. The van der Waals surface area contributed by atoms with Crippen LogP contribution in [0, 0.1) is 5.92 Å². The number of anilines is 1. The summed E-state index contributed by atoms with van der Waals surface area (Å²) in [5.74, 6) is 1.72. The molecule has 8 heteroatoms.